The molecule has 1 aliphatic rings. The Morgan fingerprint density at radius 3 is 2.89 bits per heavy atom. The molecule has 0 radical (unpaired) electrons. The largest absolute Gasteiger partial charge is 0.379 e. The van der Waals surface area contributed by atoms with Crippen LogP contribution in [0.25, 0.3) is 5.69 Å². The summed E-state index contributed by atoms with van der Waals surface area (Å²) in [5.74, 6) is 0. The fraction of sp³-hybridized carbons (Fsp3) is 0.500. The molecular formula is C18H24N8O2. The molecule has 1 saturated heterocycles. The molecule has 0 aliphatic carbocycles. The summed E-state index contributed by atoms with van der Waals surface area (Å²) in [7, 11) is 0. The van der Waals surface area contributed by atoms with E-state index in [4.69, 9.17) is 10.00 Å². The summed E-state index contributed by atoms with van der Waals surface area (Å²) in [6.07, 6.45) is 1.80. The number of amides is 2. The third-order valence-electron chi connectivity index (χ3n) is 4.63. The topological polar surface area (TPSA) is 112 Å². The van der Waals surface area contributed by atoms with E-state index in [-0.39, 0.29) is 6.03 Å². The van der Waals surface area contributed by atoms with E-state index in [1.165, 1.54) is 6.33 Å². The monoisotopic (exact) mass is 384 g/mol. The van der Waals surface area contributed by atoms with E-state index in [0.717, 1.165) is 30.9 Å². The normalized spacial score (nSPS) is 14.4. The first kappa shape index (κ1) is 19.7. The Labute approximate surface area is 163 Å². The number of urea groups is 1. The minimum absolute atomic E-state index is 0.227. The zero-order valence-corrected chi connectivity index (χ0v) is 15.9. The van der Waals surface area contributed by atoms with Crippen LogP contribution in [-0.2, 0) is 4.74 Å². The highest BCUT2D eigenvalue weighted by Crippen LogP contribution is 2.18. The van der Waals surface area contributed by atoms with Crippen molar-refractivity contribution in [3.05, 3.63) is 30.1 Å². The molecule has 10 heteroatoms. The van der Waals surface area contributed by atoms with Crippen molar-refractivity contribution >= 4 is 11.7 Å². The van der Waals surface area contributed by atoms with Gasteiger partial charge in [0.05, 0.1) is 31.4 Å². The van der Waals surface area contributed by atoms with Gasteiger partial charge in [0.2, 0.25) is 0 Å². The maximum Gasteiger partial charge on any atom is 0.321 e. The highest BCUT2D eigenvalue weighted by Gasteiger charge is 2.17. The predicted octanol–water partition coefficient (Wildman–Crippen LogP) is 1.05. The Morgan fingerprint density at radius 2 is 2.18 bits per heavy atom. The smallest absolute Gasteiger partial charge is 0.321 e. The average Bonchev–Trinajstić information content (AvgIpc) is 3.25. The third kappa shape index (κ3) is 5.25. The zero-order chi connectivity index (χ0) is 19.8. The Hall–Kier alpha value is -3.03. The number of anilines is 1. The molecule has 0 bridgehead atoms. The fourth-order valence-electron chi connectivity index (χ4n) is 2.99. The van der Waals surface area contributed by atoms with E-state index in [1.54, 1.807) is 9.58 Å². The summed E-state index contributed by atoms with van der Waals surface area (Å²) in [6, 6.07) is 7.45. The molecule has 0 saturated carbocycles. The molecule has 1 aromatic carbocycles. The lowest BCUT2D eigenvalue weighted by Crippen LogP contribution is -2.44. The van der Waals surface area contributed by atoms with Crippen LogP contribution in [-0.4, -0.2) is 82.0 Å². The Balaban J connectivity index is 1.65. The van der Waals surface area contributed by atoms with Crippen LogP contribution in [0.15, 0.2) is 24.5 Å². The van der Waals surface area contributed by atoms with E-state index in [0.29, 0.717) is 38.4 Å². The number of aromatic nitrogens is 4. The number of nitrogens with one attached hydrogen (secondary N) is 1. The molecule has 3 rings (SSSR count). The minimum atomic E-state index is -0.227. The Bertz CT molecular complexity index is 811. The maximum atomic E-state index is 12.8. The second-order valence-corrected chi connectivity index (χ2v) is 6.53. The number of benzene rings is 1. The van der Waals surface area contributed by atoms with Crippen LogP contribution < -0.4 is 5.32 Å². The summed E-state index contributed by atoms with van der Waals surface area (Å²) < 4.78 is 6.91. The molecule has 0 atom stereocenters. The summed E-state index contributed by atoms with van der Waals surface area (Å²) in [5, 5.41) is 23.1. The molecule has 1 N–H and O–H groups in total. The van der Waals surface area contributed by atoms with E-state index >= 15 is 0 Å². The zero-order valence-electron chi connectivity index (χ0n) is 15.9. The molecule has 1 aromatic heterocycles. The van der Waals surface area contributed by atoms with Crippen molar-refractivity contribution in [1.29, 1.82) is 5.26 Å². The number of ether oxygens (including phenoxy) is 1. The second kappa shape index (κ2) is 9.77. The molecule has 0 spiro atoms. The molecule has 0 unspecified atom stereocenters. The molecule has 28 heavy (non-hydrogen) atoms. The maximum absolute atomic E-state index is 12.8. The second-order valence-electron chi connectivity index (χ2n) is 6.53. The van der Waals surface area contributed by atoms with Crippen molar-refractivity contribution in [2.75, 3.05) is 51.3 Å². The van der Waals surface area contributed by atoms with Gasteiger partial charge < -0.3 is 15.0 Å². The van der Waals surface area contributed by atoms with Gasteiger partial charge in [-0.15, -0.1) is 5.10 Å². The number of nitriles is 1. The quantitative estimate of drug-likeness (QED) is 0.759. The van der Waals surface area contributed by atoms with Crippen LogP contribution in [0.5, 0.6) is 0 Å². The van der Waals surface area contributed by atoms with Crippen LogP contribution in [0.4, 0.5) is 10.5 Å². The number of nitrogens with zero attached hydrogens (tertiary/aromatic N) is 7. The van der Waals surface area contributed by atoms with Gasteiger partial charge >= 0.3 is 6.03 Å². The van der Waals surface area contributed by atoms with Crippen molar-refractivity contribution in [2.24, 2.45) is 0 Å². The number of rotatable bonds is 7. The lowest BCUT2D eigenvalue weighted by Gasteiger charge is -2.30. The molecule has 2 amide bonds. The first-order valence-corrected chi connectivity index (χ1v) is 9.24. The van der Waals surface area contributed by atoms with Crippen molar-refractivity contribution in [3.8, 4) is 11.8 Å². The molecule has 10 nitrogen and oxygen atoms in total. The van der Waals surface area contributed by atoms with Crippen molar-refractivity contribution in [3.63, 3.8) is 0 Å². The molecule has 2 aromatic rings. The van der Waals surface area contributed by atoms with E-state index < -0.39 is 0 Å². The number of tetrazole rings is 1. The number of hydrogen-bond acceptors (Lipinski definition) is 7. The first-order valence-electron chi connectivity index (χ1n) is 9.24. The van der Waals surface area contributed by atoms with Gasteiger partial charge in [0.1, 0.15) is 6.33 Å². The van der Waals surface area contributed by atoms with Crippen LogP contribution in [0.1, 0.15) is 12.0 Å². The van der Waals surface area contributed by atoms with Crippen molar-refractivity contribution in [2.45, 2.75) is 13.3 Å². The first-order chi connectivity index (χ1) is 13.7. The lowest BCUT2D eigenvalue weighted by atomic mass is 10.2. The highest BCUT2D eigenvalue weighted by molar-refractivity contribution is 5.89. The van der Waals surface area contributed by atoms with E-state index in [1.807, 2.05) is 25.1 Å². The van der Waals surface area contributed by atoms with Crippen LogP contribution in [0.2, 0.25) is 0 Å². The average molecular weight is 384 g/mol. The van der Waals surface area contributed by atoms with Gasteiger partial charge in [0, 0.05) is 38.4 Å². The van der Waals surface area contributed by atoms with Crippen molar-refractivity contribution in [1.82, 2.24) is 30.0 Å². The number of aryl methyl sites for hydroxylation is 1. The Morgan fingerprint density at radius 1 is 1.36 bits per heavy atom. The van der Waals surface area contributed by atoms with Gasteiger partial charge in [-0.05, 0) is 35.0 Å². The van der Waals surface area contributed by atoms with E-state index in [9.17, 15) is 4.79 Å². The van der Waals surface area contributed by atoms with Gasteiger partial charge in [-0.1, -0.05) is 6.07 Å². The SMILES string of the molecule is Cc1ccc(NC(=O)N(CCC#N)CCN2CCOCC2)cc1-n1cnnn1. The Kier molecular flexibility index (Phi) is 6.89. The van der Waals surface area contributed by atoms with Gasteiger partial charge in [-0.2, -0.15) is 5.26 Å². The van der Waals surface area contributed by atoms with Crippen molar-refractivity contribution < 1.29 is 9.53 Å². The molecule has 148 valence electrons. The van der Waals surface area contributed by atoms with Crippen LogP contribution >= 0.6 is 0 Å². The van der Waals surface area contributed by atoms with Gasteiger partial charge in [0.15, 0.2) is 0 Å². The molecule has 1 aliphatic heterocycles. The standard InChI is InChI=1S/C18H24N8O2/c1-15-3-4-16(13-17(15)26-14-20-22-23-26)21-18(27)25(6-2-5-19)8-7-24-9-11-28-12-10-24/h3-4,13-14H,2,6-12H2,1H3,(H,21,27). The summed E-state index contributed by atoms with van der Waals surface area (Å²) in [4.78, 5) is 16.7. The molecular weight excluding hydrogens is 360 g/mol. The van der Waals surface area contributed by atoms with Gasteiger partial charge in [-0.25, -0.2) is 9.48 Å². The van der Waals surface area contributed by atoms with Gasteiger partial charge in [-0.3, -0.25) is 4.90 Å². The minimum Gasteiger partial charge on any atom is -0.379 e. The highest BCUT2D eigenvalue weighted by atomic mass is 16.5. The van der Waals surface area contributed by atoms with Crippen LogP contribution in [0.3, 0.4) is 0 Å². The summed E-state index contributed by atoms with van der Waals surface area (Å²) in [6.45, 7) is 6.80. The van der Waals surface area contributed by atoms with E-state index in [2.05, 4.69) is 31.8 Å². The summed E-state index contributed by atoms with van der Waals surface area (Å²) in [5.41, 5.74) is 2.42. The number of carbonyl (C=O) groups is 1. The number of morpholine rings is 1. The molecule has 1 fully saturated rings. The fourth-order valence-corrected chi connectivity index (χ4v) is 2.99. The van der Waals surface area contributed by atoms with Gasteiger partial charge in [0.25, 0.3) is 0 Å². The number of carbonyl (C=O) groups excluding carboxylic acids is 1. The van der Waals surface area contributed by atoms with Crippen LogP contribution in [0, 0.1) is 18.3 Å². The predicted molar refractivity (Wildman–Crippen MR) is 102 cm³/mol. The number of hydrogen-bond donors (Lipinski definition) is 1. The molecule has 2 heterocycles. The lowest BCUT2D eigenvalue weighted by molar-refractivity contribution is 0.0352. The summed E-state index contributed by atoms with van der Waals surface area (Å²) >= 11 is 0. The third-order valence-corrected chi connectivity index (χ3v) is 4.63.